The van der Waals surface area contributed by atoms with Crippen LogP contribution >= 0.6 is 0 Å². The van der Waals surface area contributed by atoms with Crippen molar-refractivity contribution >= 4 is 11.8 Å². The summed E-state index contributed by atoms with van der Waals surface area (Å²) >= 11 is 0. The summed E-state index contributed by atoms with van der Waals surface area (Å²) in [4.78, 5) is 23.9. The van der Waals surface area contributed by atoms with Crippen LogP contribution < -0.4 is 0 Å². The monoisotopic (exact) mass is 332 g/mol. The summed E-state index contributed by atoms with van der Waals surface area (Å²) < 4.78 is 5.42. The second-order valence-electron chi connectivity index (χ2n) is 7.16. The topological polar surface area (TPSA) is 63.6 Å². The summed E-state index contributed by atoms with van der Waals surface area (Å²) in [5.74, 6) is -1.09. The summed E-state index contributed by atoms with van der Waals surface area (Å²) in [5.41, 5.74) is 2.81. The molecular weight excluding hydrogens is 304 g/mol. The van der Waals surface area contributed by atoms with Gasteiger partial charge in [-0.15, -0.1) is 0 Å². The van der Waals surface area contributed by atoms with E-state index in [9.17, 15) is 14.7 Å². The fourth-order valence-corrected chi connectivity index (χ4v) is 3.54. The van der Waals surface area contributed by atoms with Crippen LogP contribution in [-0.4, -0.2) is 29.1 Å². The first-order chi connectivity index (χ1) is 11.3. The van der Waals surface area contributed by atoms with Gasteiger partial charge in [-0.05, 0) is 59.0 Å². The highest BCUT2D eigenvalue weighted by Gasteiger charge is 2.40. The van der Waals surface area contributed by atoms with Gasteiger partial charge in [-0.3, -0.25) is 4.79 Å². The summed E-state index contributed by atoms with van der Waals surface area (Å²) in [6, 6.07) is 0. The van der Waals surface area contributed by atoms with Crippen LogP contribution in [0.2, 0.25) is 0 Å². The van der Waals surface area contributed by atoms with Gasteiger partial charge >= 0.3 is 5.97 Å². The Kier molecular flexibility index (Phi) is 6.16. The molecule has 4 atom stereocenters. The third kappa shape index (κ3) is 4.44. The molecule has 2 rings (SSSR count). The van der Waals surface area contributed by atoms with Crippen LogP contribution in [0, 0.1) is 11.8 Å². The maximum atomic E-state index is 12.0. The molecule has 0 bridgehead atoms. The molecule has 132 valence electrons. The molecule has 1 aliphatic heterocycles. The van der Waals surface area contributed by atoms with Crippen molar-refractivity contribution in [1.82, 2.24) is 0 Å². The number of ketones is 1. The van der Waals surface area contributed by atoms with Gasteiger partial charge in [0.25, 0.3) is 0 Å². The van der Waals surface area contributed by atoms with E-state index >= 15 is 0 Å². The number of fused-ring (bicyclic) bond motifs is 1. The number of Topliss-reactive ketones (excluding diaryl/α,β-unsaturated/α-hetero) is 1. The number of aliphatic hydroxyl groups is 1. The molecule has 0 spiro atoms. The second kappa shape index (κ2) is 7.93. The van der Waals surface area contributed by atoms with E-state index in [4.69, 9.17) is 4.74 Å². The molecule has 1 saturated heterocycles. The molecule has 1 heterocycles. The molecule has 24 heavy (non-hydrogen) atoms. The van der Waals surface area contributed by atoms with Gasteiger partial charge < -0.3 is 9.84 Å². The zero-order valence-electron chi connectivity index (χ0n) is 14.9. The van der Waals surface area contributed by atoms with Gasteiger partial charge in [0.1, 0.15) is 11.9 Å². The highest BCUT2D eigenvalue weighted by molar-refractivity contribution is 5.91. The molecule has 2 aliphatic rings. The van der Waals surface area contributed by atoms with Crippen molar-refractivity contribution < 1.29 is 19.4 Å². The van der Waals surface area contributed by atoms with E-state index in [1.54, 1.807) is 0 Å². The molecule has 4 nitrogen and oxygen atoms in total. The predicted molar refractivity (Wildman–Crippen MR) is 93.3 cm³/mol. The fraction of sp³-hybridized carbons (Fsp3) is 0.600. The number of carbonyl (C=O) groups is 2. The van der Waals surface area contributed by atoms with E-state index in [2.05, 4.69) is 19.6 Å². The van der Waals surface area contributed by atoms with E-state index in [-0.39, 0.29) is 11.7 Å². The lowest BCUT2D eigenvalue weighted by molar-refractivity contribution is -0.137. The number of ether oxygens (including phenoxy) is 1. The maximum absolute atomic E-state index is 12.0. The number of esters is 1. The first-order valence-electron chi connectivity index (χ1n) is 8.70. The second-order valence-corrected chi connectivity index (χ2v) is 7.16. The Bertz CT molecular complexity index is 584. The summed E-state index contributed by atoms with van der Waals surface area (Å²) in [6.45, 7) is 9.46. The highest BCUT2D eigenvalue weighted by atomic mass is 16.6. The number of aliphatic hydroxyl groups excluding tert-OH is 1. The Morgan fingerprint density at radius 2 is 2.00 bits per heavy atom. The zero-order chi connectivity index (χ0) is 17.9. The summed E-state index contributed by atoms with van der Waals surface area (Å²) in [6.07, 6.45) is 6.57. The quantitative estimate of drug-likeness (QED) is 0.453. The van der Waals surface area contributed by atoms with Gasteiger partial charge in [-0.25, -0.2) is 4.79 Å². The molecule has 1 N–H and O–H groups in total. The van der Waals surface area contributed by atoms with Crippen LogP contribution in [0.3, 0.4) is 0 Å². The van der Waals surface area contributed by atoms with E-state index in [1.807, 2.05) is 13.0 Å². The Labute approximate surface area is 144 Å². The average molecular weight is 332 g/mol. The highest BCUT2D eigenvalue weighted by Crippen LogP contribution is 2.35. The fourth-order valence-electron chi connectivity index (χ4n) is 3.54. The minimum atomic E-state index is -0.788. The van der Waals surface area contributed by atoms with Crippen molar-refractivity contribution in [1.29, 1.82) is 0 Å². The molecular formula is C20H28O4. The lowest BCUT2D eigenvalue weighted by Gasteiger charge is -2.24. The van der Waals surface area contributed by atoms with Gasteiger partial charge in [-0.2, -0.15) is 0 Å². The van der Waals surface area contributed by atoms with Crippen LogP contribution in [0.5, 0.6) is 0 Å². The van der Waals surface area contributed by atoms with Gasteiger partial charge in [0.05, 0.1) is 6.10 Å². The van der Waals surface area contributed by atoms with E-state index < -0.39 is 24.1 Å². The van der Waals surface area contributed by atoms with Crippen molar-refractivity contribution in [3.05, 3.63) is 35.5 Å². The van der Waals surface area contributed by atoms with Gasteiger partial charge in [0.2, 0.25) is 0 Å². The zero-order valence-corrected chi connectivity index (χ0v) is 14.9. The van der Waals surface area contributed by atoms with Crippen LogP contribution in [-0.2, 0) is 14.3 Å². The summed E-state index contributed by atoms with van der Waals surface area (Å²) in [5, 5.41) is 10.6. The minimum absolute atomic E-state index is 0.00991. The van der Waals surface area contributed by atoms with Crippen molar-refractivity contribution in [3.63, 3.8) is 0 Å². The standard InChI is InChI=1S/C20H28O4/c1-12-6-5-7-13(2)10-19-17(14(3)20(23)24-19)11-18(22)16(9-8-12)15(4)21/h6,10,16-19,22H,3,5,7-9,11H2,1-2,4H3/b12-6+,13-10+/t16?,17-,18+,19-/m0/s1. The van der Waals surface area contributed by atoms with Crippen LogP contribution in [0.1, 0.15) is 52.9 Å². The molecule has 1 aliphatic carbocycles. The van der Waals surface area contributed by atoms with Crippen LogP contribution in [0.25, 0.3) is 0 Å². The normalized spacial score (nSPS) is 36.8. The number of allylic oxidation sites excluding steroid dienone is 3. The van der Waals surface area contributed by atoms with Crippen LogP contribution in [0.4, 0.5) is 0 Å². The molecule has 0 aromatic rings. The Morgan fingerprint density at radius 3 is 2.67 bits per heavy atom. The average Bonchev–Trinajstić information content (AvgIpc) is 2.74. The van der Waals surface area contributed by atoms with Crippen molar-refractivity contribution in [2.24, 2.45) is 11.8 Å². The number of hydrogen-bond donors (Lipinski definition) is 1. The van der Waals surface area contributed by atoms with E-state index in [1.165, 1.54) is 12.5 Å². The van der Waals surface area contributed by atoms with Gasteiger partial charge in [0.15, 0.2) is 0 Å². The Hall–Kier alpha value is -1.68. The van der Waals surface area contributed by atoms with Crippen molar-refractivity contribution in [3.8, 4) is 0 Å². The van der Waals surface area contributed by atoms with Gasteiger partial charge in [0, 0.05) is 17.4 Å². The lowest BCUT2D eigenvalue weighted by Crippen LogP contribution is -2.31. The molecule has 0 radical (unpaired) electrons. The largest absolute Gasteiger partial charge is 0.454 e. The van der Waals surface area contributed by atoms with Gasteiger partial charge in [-0.1, -0.05) is 23.8 Å². The molecule has 1 fully saturated rings. The summed E-state index contributed by atoms with van der Waals surface area (Å²) in [7, 11) is 0. The molecule has 0 aromatic heterocycles. The van der Waals surface area contributed by atoms with E-state index in [0.717, 1.165) is 24.8 Å². The Morgan fingerprint density at radius 1 is 1.29 bits per heavy atom. The smallest absolute Gasteiger partial charge is 0.334 e. The minimum Gasteiger partial charge on any atom is -0.454 e. The Balaban J connectivity index is 2.30. The first kappa shape index (κ1) is 18.7. The first-order valence-corrected chi connectivity index (χ1v) is 8.70. The third-order valence-corrected chi connectivity index (χ3v) is 5.16. The molecule has 4 heteroatoms. The number of carbonyl (C=O) groups excluding carboxylic acids is 2. The number of hydrogen-bond acceptors (Lipinski definition) is 4. The molecule has 0 amide bonds. The SMILES string of the molecule is C=C1C(=O)O[C@H]2/C=C(\C)CC/C=C(\C)CCC(C(C)=O)[C@H](O)C[C@@H]12. The maximum Gasteiger partial charge on any atom is 0.334 e. The predicted octanol–water partition coefficient (Wildman–Crippen LogP) is 3.51. The van der Waals surface area contributed by atoms with Crippen LogP contribution in [0.15, 0.2) is 35.5 Å². The third-order valence-electron chi connectivity index (χ3n) is 5.16. The van der Waals surface area contributed by atoms with E-state index in [0.29, 0.717) is 18.4 Å². The molecule has 1 unspecified atom stereocenters. The van der Waals surface area contributed by atoms with Crippen molar-refractivity contribution in [2.45, 2.75) is 65.1 Å². The lowest BCUT2D eigenvalue weighted by atomic mass is 9.82. The van der Waals surface area contributed by atoms with Crippen molar-refractivity contribution in [2.75, 3.05) is 0 Å². The number of rotatable bonds is 1. The molecule has 0 aromatic carbocycles. The molecule has 0 saturated carbocycles.